The fraction of sp³-hybridized carbons (Fsp3) is 0.320. The van der Waals surface area contributed by atoms with Gasteiger partial charge in [0.1, 0.15) is 0 Å². The molecule has 0 saturated heterocycles. The van der Waals surface area contributed by atoms with Crippen molar-refractivity contribution in [2.75, 3.05) is 11.9 Å². The van der Waals surface area contributed by atoms with E-state index >= 15 is 0 Å². The number of anilines is 1. The number of nitrogens with one attached hydrogen (secondary N) is 1. The van der Waals surface area contributed by atoms with Crippen molar-refractivity contribution in [3.8, 4) is 16.9 Å². The lowest BCUT2D eigenvalue weighted by molar-refractivity contribution is 0.0987. The van der Waals surface area contributed by atoms with E-state index in [4.69, 9.17) is 5.14 Å². The molecule has 0 fully saturated rings. The Morgan fingerprint density at radius 3 is 2.44 bits per heavy atom. The van der Waals surface area contributed by atoms with Gasteiger partial charge in [-0.05, 0) is 72.4 Å². The molecule has 3 aromatic rings. The van der Waals surface area contributed by atoms with Gasteiger partial charge in [0.05, 0.1) is 10.6 Å². The van der Waals surface area contributed by atoms with Crippen LogP contribution in [0.2, 0.25) is 0 Å². The van der Waals surface area contributed by atoms with Crippen LogP contribution in [0, 0.1) is 6.92 Å². The van der Waals surface area contributed by atoms with Gasteiger partial charge in [0, 0.05) is 35.6 Å². The van der Waals surface area contributed by atoms with E-state index in [-0.39, 0.29) is 16.1 Å². The van der Waals surface area contributed by atoms with Gasteiger partial charge in [-0.25, -0.2) is 13.6 Å². The minimum atomic E-state index is -3.78. The number of rotatable bonds is 5. The number of Topliss-reactive ketones (excluding diaryl/α,β-unsaturated/α-hetero) is 1. The highest BCUT2D eigenvalue weighted by molar-refractivity contribution is 7.89. The number of aromatic nitrogens is 1. The van der Waals surface area contributed by atoms with Crippen LogP contribution in [-0.2, 0) is 15.4 Å². The number of hydrogen-bond acceptors (Lipinski definition) is 4. The second-order valence-electron chi connectivity index (χ2n) is 9.00. The van der Waals surface area contributed by atoms with E-state index in [1.165, 1.54) is 17.7 Å². The summed E-state index contributed by atoms with van der Waals surface area (Å²) < 4.78 is 25.4. The molecular formula is C25H29N3O3S. The standard InChI is InChI=1S/C25H29N3O3S/c1-5-24(29)20-15-23(17-6-11-22-21(14-17)25(3,4)12-13-27-22)28(16(20)2)18-7-9-19(10-8-18)32(26,30)31/h6-11,14-15,27H,5,12-13H2,1-4H3,(H2,26,30,31). The summed E-state index contributed by atoms with van der Waals surface area (Å²) >= 11 is 0. The van der Waals surface area contributed by atoms with Crippen molar-refractivity contribution in [3.63, 3.8) is 0 Å². The Morgan fingerprint density at radius 1 is 1.12 bits per heavy atom. The number of hydrogen-bond donors (Lipinski definition) is 2. The van der Waals surface area contributed by atoms with Crippen molar-refractivity contribution in [3.05, 3.63) is 65.4 Å². The molecule has 2 heterocycles. The van der Waals surface area contributed by atoms with Crippen LogP contribution in [0.3, 0.4) is 0 Å². The summed E-state index contributed by atoms with van der Waals surface area (Å²) in [4.78, 5) is 12.7. The van der Waals surface area contributed by atoms with Crippen molar-refractivity contribution < 1.29 is 13.2 Å². The van der Waals surface area contributed by atoms with E-state index in [0.29, 0.717) is 12.0 Å². The number of primary sulfonamides is 1. The molecule has 1 aliphatic heterocycles. The Balaban J connectivity index is 1.92. The molecule has 3 N–H and O–H groups in total. The lowest BCUT2D eigenvalue weighted by Crippen LogP contribution is -2.28. The van der Waals surface area contributed by atoms with E-state index in [1.54, 1.807) is 12.1 Å². The zero-order valence-electron chi connectivity index (χ0n) is 18.9. The highest BCUT2D eigenvalue weighted by atomic mass is 32.2. The number of nitrogens with zero attached hydrogens (tertiary/aromatic N) is 1. The first-order chi connectivity index (χ1) is 15.0. The van der Waals surface area contributed by atoms with Crippen molar-refractivity contribution in [1.29, 1.82) is 0 Å². The number of sulfonamides is 1. The molecule has 0 spiro atoms. The van der Waals surface area contributed by atoms with Crippen molar-refractivity contribution in [1.82, 2.24) is 4.57 Å². The molecule has 32 heavy (non-hydrogen) atoms. The van der Waals surface area contributed by atoms with E-state index in [1.807, 2.05) is 24.5 Å². The largest absolute Gasteiger partial charge is 0.385 e. The molecule has 1 aromatic heterocycles. The SMILES string of the molecule is CCC(=O)c1cc(-c2ccc3c(c2)C(C)(C)CCN3)n(-c2ccc(S(N)(=O)=O)cc2)c1C. The summed E-state index contributed by atoms with van der Waals surface area (Å²) in [5, 5.41) is 8.74. The number of carbonyl (C=O) groups excluding carboxylic acids is 1. The van der Waals surface area contributed by atoms with Crippen molar-refractivity contribution >= 4 is 21.5 Å². The summed E-state index contributed by atoms with van der Waals surface area (Å²) in [5.74, 6) is 0.0728. The summed E-state index contributed by atoms with van der Waals surface area (Å²) in [6, 6.07) is 14.7. The van der Waals surface area contributed by atoms with Crippen LogP contribution in [0.15, 0.2) is 53.4 Å². The van der Waals surface area contributed by atoms with E-state index in [9.17, 15) is 13.2 Å². The van der Waals surface area contributed by atoms with Crippen LogP contribution >= 0.6 is 0 Å². The van der Waals surface area contributed by atoms with Crippen LogP contribution < -0.4 is 10.5 Å². The molecule has 0 amide bonds. The van der Waals surface area contributed by atoms with E-state index in [0.717, 1.165) is 41.3 Å². The van der Waals surface area contributed by atoms with Crippen molar-refractivity contribution in [2.45, 2.75) is 50.8 Å². The van der Waals surface area contributed by atoms with Gasteiger partial charge >= 0.3 is 0 Å². The molecule has 7 heteroatoms. The van der Waals surface area contributed by atoms with Gasteiger partial charge in [-0.1, -0.05) is 26.8 Å². The first kappa shape index (κ1) is 22.3. The number of nitrogens with two attached hydrogens (primary N) is 1. The minimum absolute atomic E-state index is 0.0439. The number of fused-ring (bicyclic) bond motifs is 1. The monoisotopic (exact) mass is 451 g/mol. The van der Waals surface area contributed by atoms with Gasteiger partial charge in [0.15, 0.2) is 5.78 Å². The van der Waals surface area contributed by atoms with Gasteiger partial charge in [-0.15, -0.1) is 0 Å². The molecule has 0 atom stereocenters. The first-order valence-corrected chi connectivity index (χ1v) is 12.3. The van der Waals surface area contributed by atoms with Crippen LogP contribution in [-0.4, -0.2) is 25.3 Å². The maximum Gasteiger partial charge on any atom is 0.238 e. The third-order valence-electron chi connectivity index (χ3n) is 6.40. The normalized spacial score (nSPS) is 15.2. The van der Waals surface area contributed by atoms with Crippen LogP contribution in [0.4, 0.5) is 5.69 Å². The zero-order chi connectivity index (χ0) is 23.3. The van der Waals surface area contributed by atoms with Gasteiger partial charge in [0.25, 0.3) is 0 Å². The highest BCUT2D eigenvalue weighted by Gasteiger charge is 2.28. The zero-order valence-corrected chi connectivity index (χ0v) is 19.7. The summed E-state index contributed by atoms with van der Waals surface area (Å²) in [6.07, 6.45) is 1.45. The number of benzene rings is 2. The lowest BCUT2D eigenvalue weighted by Gasteiger charge is -2.33. The summed E-state index contributed by atoms with van der Waals surface area (Å²) in [7, 11) is -3.78. The molecule has 0 bridgehead atoms. The maximum atomic E-state index is 12.7. The molecule has 4 rings (SSSR count). The third kappa shape index (κ3) is 3.87. The third-order valence-corrected chi connectivity index (χ3v) is 7.33. The Kier molecular flexibility index (Phi) is 5.51. The average molecular weight is 452 g/mol. The van der Waals surface area contributed by atoms with Gasteiger partial charge < -0.3 is 9.88 Å². The molecule has 1 aliphatic rings. The molecule has 0 radical (unpaired) electrons. The second-order valence-corrected chi connectivity index (χ2v) is 10.6. The second kappa shape index (κ2) is 7.90. The number of carbonyl (C=O) groups is 1. The first-order valence-electron chi connectivity index (χ1n) is 10.8. The van der Waals surface area contributed by atoms with Crippen molar-refractivity contribution in [2.24, 2.45) is 5.14 Å². The molecule has 6 nitrogen and oxygen atoms in total. The summed E-state index contributed by atoms with van der Waals surface area (Å²) in [6.45, 7) is 9.22. The van der Waals surface area contributed by atoms with E-state index in [2.05, 4.69) is 37.4 Å². The Hall–Kier alpha value is -2.90. The minimum Gasteiger partial charge on any atom is -0.385 e. The van der Waals surface area contributed by atoms with Crippen LogP contribution in [0.1, 0.15) is 55.2 Å². The fourth-order valence-electron chi connectivity index (χ4n) is 4.47. The topological polar surface area (TPSA) is 94.2 Å². The molecular weight excluding hydrogens is 422 g/mol. The molecule has 0 saturated carbocycles. The Labute approximate surface area is 189 Å². The highest BCUT2D eigenvalue weighted by Crippen LogP contribution is 2.40. The van der Waals surface area contributed by atoms with Crippen LogP contribution in [0.25, 0.3) is 16.9 Å². The van der Waals surface area contributed by atoms with Crippen LogP contribution in [0.5, 0.6) is 0 Å². The number of ketones is 1. The smallest absolute Gasteiger partial charge is 0.238 e. The lowest BCUT2D eigenvalue weighted by atomic mass is 9.77. The van der Waals surface area contributed by atoms with Gasteiger partial charge in [-0.3, -0.25) is 4.79 Å². The fourth-order valence-corrected chi connectivity index (χ4v) is 4.99. The predicted molar refractivity (Wildman–Crippen MR) is 128 cm³/mol. The molecule has 168 valence electrons. The van der Waals surface area contributed by atoms with Gasteiger partial charge in [0.2, 0.25) is 10.0 Å². The van der Waals surface area contributed by atoms with Gasteiger partial charge in [-0.2, -0.15) is 0 Å². The molecule has 2 aromatic carbocycles. The molecule has 0 aliphatic carbocycles. The summed E-state index contributed by atoms with van der Waals surface area (Å²) in [5.41, 5.74) is 6.61. The average Bonchev–Trinajstić information content (AvgIpc) is 3.09. The quantitative estimate of drug-likeness (QED) is 0.546. The Bertz CT molecular complexity index is 1300. The van der Waals surface area contributed by atoms with E-state index < -0.39 is 10.0 Å². The maximum absolute atomic E-state index is 12.7. The molecule has 0 unspecified atom stereocenters. The predicted octanol–water partition coefficient (Wildman–Crippen LogP) is 4.79. The Morgan fingerprint density at radius 2 is 1.81 bits per heavy atom.